The number of ether oxygens (including phenoxy) is 4. The number of hydrogen-bond acceptors (Lipinski definition) is 8. The van der Waals surface area contributed by atoms with Gasteiger partial charge in [-0.2, -0.15) is 0 Å². The summed E-state index contributed by atoms with van der Waals surface area (Å²) >= 11 is 0. The predicted octanol–water partition coefficient (Wildman–Crippen LogP) is 2.13. The number of primary amides is 2. The van der Waals surface area contributed by atoms with E-state index in [1.807, 2.05) is 0 Å². The summed E-state index contributed by atoms with van der Waals surface area (Å²) in [5.41, 5.74) is 11.8. The Morgan fingerprint density at radius 3 is 1.42 bits per heavy atom. The van der Waals surface area contributed by atoms with Crippen molar-refractivity contribution in [3.63, 3.8) is 0 Å². The first-order valence-electron chi connectivity index (χ1n) is 10.8. The van der Waals surface area contributed by atoms with E-state index < -0.39 is 23.8 Å². The van der Waals surface area contributed by atoms with Crippen LogP contribution in [0.2, 0.25) is 0 Å². The van der Waals surface area contributed by atoms with Gasteiger partial charge >= 0.3 is 11.9 Å². The molecule has 36 heavy (non-hydrogen) atoms. The van der Waals surface area contributed by atoms with Crippen LogP contribution in [0.15, 0.2) is 72.8 Å². The Balaban J connectivity index is 1.58. The van der Waals surface area contributed by atoms with Crippen molar-refractivity contribution in [1.29, 1.82) is 0 Å². The predicted molar refractivity (Wildman–Crippen MR) is 127 cm³/mol. The van der Waals surface area contributed by atoms with Crippen LogP contribution in [0.4, 0.5) is 0 Å². The summed E-state index contributed by atoms with van der Waals surface area (Å²) in [5.74, 6) is -2.25. The molecule has 3 rings (SSSR count). The lowest BCUT2D eigenvalue weighted by Crippen LogP contribution is -2.21. The Labute approximate surface area is 206 Å². The first-order valence-corrected chi connectivity index (χ1v) is 10.8. The van der Waals surface area contributed by atoms with Gasteiger partial charge in [0.1, 0.15) is 35.8 Å². The van der Waals surface area contributed by atoms with E-state index in [9.17, 15) is 19.2 Å². The van der Waals surface area contributed by atoms with Crippen molar-refractivity contribution in [2.24, 2.45) is 11.5 Å². The molecular weight excluding hydrogens is 468 g/mol. The van der Waals surface area contributed by atoms with Crippen molar-refractivity contribution < 1.29 is 38.1 Å². The topological polar surface area (TPSA) is 157 Å². The molecule has 0 radical (unpaired) electrons. The van der Waals surface area contributed by atoms with Crippen LogP contribution in [0.5, 0.6) is 11.5 Å². The minimum Gasteiger partial charge on any atom is -0.483 e. The van der Waals surface area contributed by atoms with Crippen LogP contribution in [0.3, 0.4) is 0 Å². The summed E-state index contributed by atoms with van der Waals surface area (Å²) in [6, 6.07) is 19.6. The maximum atomic E-state index is 12.5. The van der Waals surface area contributed by atoms with Crippen molar-refractivity contribution >= 4 is 23.8 Å². The Bertz CT molecular complexity index is 1170. The van der Waals surface area contributed by atoms with Crippen molar-refractivity contribution in [3.05, 3.63) is 95.1 Å². The molecule has 0 unspecified atom stereocenters. The minimum absolute atomic E-state index is 0.0471. The number of rotatable bonds is 12. The Hall–Kier alpha value is -4.86. The van der Waals surface area contributed by atoms with E-state index in [1.165, 1.54) is 24.3 Å². The molecule has 3 aromatic carbocycles. The number of benzene rings is 3. The summed E-state index contributed by atoms with van der Waals surface area (Å²) in [5, 5.41) is 0. The first kappa shape index (κ1) is 25.8. The molecule has 0 heterocycles. The Morgan fingerprint density at radius 1 is 0.583 bits per heavy atom. The van der Waals surface area contributed by atoms with Crippen LogP contribution < -0.4 is 20.9 Å². The second kappa shape index (κ2) is 12.6. The molecule has 0 aliphatic heterocycles. The molecule has 0 saturated carbocycles. The molecule has 10 heteroatoms. The van der Waals surface area contributed by atoms with Gasteiger partial charge in [-0.25, -0.2) is 9.59 Å². The van der Waals surface area contributed by atoms with Gasteiger partial charge in [0.25, 0.3) is 11.8 Å². The molecule has 0 atom stereocenters. The highest BCUT2D eigenvalue weighted by Crippen LogP contribution is 2.21. The summed E-state index contributed by atoms with van der Waals surface area (Å²) in [4.78, 5) is 47.0. The third kappa shape index (κ3) is 7.59. The minimum atomic E-state index is -0.669. The molecule has 10 nitrogen and oxygen atoms in total. The maximum absolute atomic E-state index is 12.5. The molecule has 0 aliphatic carbocycles. The number of hydrogen-bond donors (Lipinski definition) is 2. The molecule has 0 fully saturated rings. The number of carbonyl (C=O) groups excluding carboxylic acids is 4. The normalized spacial score (nSPS) is 10.2. The third-order valence-corrected chi connectivity index (χ3v) is 4.69. The van der Waals surface area contributed by atoms with Gasteiger partial charge in [-0.15, -0.1) is 0 Å². The lowest BCUT2D eigenvalue weighted by molar-refractivity contribution is -0.120. The number of esters is 2. The van der Waals surface area contributed by atoms with E-state index >= 15 is 0 Å². The molecule has 0 spiro atoms. The largest absolute Gasteiger partial charge is 0.483 e. The zero-order chi connectivity index (χ0) is 25.9. The summed E-state index contributed by atoms with van der Waals surface area (Å²) < 4.78 is 21.3. The van der Waals surface area contributed by atoms with Crippen molar-refractivity contribution in [2.75, 3.05) is 13.2 Å². The van der Waals surface area contributed by atoms with Gasteiger partial charge in [0.05, 0.1) is 0 Å². The fraction of sp³-hybridized carbons (Fsp3) is 0.154. The van der Waals surface area contributed by atoms with Gasteiger partial charge in [-0.05, 0) is 41.5 Å². The maximum Gasteiger partial charge on any atom is 0.342 e. The summed E-state index contributed by atoms with van der Waals surface area (Å²) in [6.45, 7) is -0.831. The fourth-order valence-corrected chi connectivity index (χ4v) is 3.08. The SMILES string of the molecule is NC(=O)COc1ccccc1C(=O)OCc1cccc(COC(=O)c2ccccc2OCC(N)=O)c1. The van der Waals surface area contributed by atoms with Crippen LogP contribution in [0, 0.1) is 0 Å². The molecule has 3 aromatic rings. The molecule has 4 N–H and O–H groups in total. The molecule has 0 aromatic heterocycles. The standard InChI is InChI=1S/C26H24N2O8/c27-23(29)15-33-21-10-3-1-8-19(21)25(31)35-13-17-6-5-7-18(12-17)14-36-26(32)20-9-2-4-11-22(20)34-16-24(28)30/h1-12H,13-16H2,(H2,27,29)(H2,28,30). The fourth-order valence-electron chi connectivity index (χ4n) is 3.08. The van der Waals surface area contributed by atoms with E-state index in [4.69, 9.17) is 30.4 Å². The number of carbonyl (C=O) groups is 4. The molecule has 0 saturated heterocycles. The zero-order valence-electron chi connectivity index (χ0n) is 19.2. The first-order chi connectivity index (χ1) is 17.3. The van der Waals surface area contributed by atoms with Crippen LogP contribution in [0.25, 0.3) is 0 Å². The molecule has 2 amide bonds. The summed E-state index contributed by atoms with van der Waals surface area (Å²) in [7, 11) is 0. The molecular formula is C26H24N2O8. The zero-order valence-corrected chi connectivity index (χ0v) is 19.2. The lowest BCUT2D eigenvalue weighted by Gasteiger charge is -2.12. The van der Waals surface area contributed by atoms with Gasteiger partial charge in [0, 0.05) is 0 Å². The van der Waals surface area contributed by atoms with Crippen LogP contribution in [-0.4, -0.2) is 37.0 Å². The van der Waals surface area contributed by atoms with Gasteiger partial charge in [-0.3, -0.25) is 9.59 Å². The van der Waals surface area contributed by atoms with Crippen LogP contribution >= 0.6 is 0 Å². The Morgan fingerprint density at radius 2 is 1.00 bits per heavy atom. The average Bonchev–Trinajstić information content (AvgIpc) is 2.88. The second-order valence-electron chi connectivity index (χ2n) is 7.47. The molecule has 0 aliphatic rings. The molecule has 186 valence electrons. The van der Waals surface area contributed by atoms with Gasteiger partial charge < -0.3 is 30.4 Å². The van der Waals surface area contributed by atoms with Crippen molar-refractivity contribution in [1.82, 2.24) is 0 Å². The second-order valence-corrected chi connectivity index (χ2v) is 7.47. The van der Waals surface area contributed by atoms with E-state index in [1.54, 1.807) is 48.5 Å². The number of nitrogens with two attached hydrogens (primary N) is 2. The quantitative estimate of drug-likeness (QED) is 0.364. The van der Waals surface area contributed by atoms with Gasteiger partial charge in [-0.1, -0.05) is 42.5 Å². The van der Waals surface area contributed by atoms with Crippen molar-refractivity contribution in [3.8, 4) is 11.5 Å². The van der Waals surface area contributed by atoms with Gasteiger partial charge in [0.15, 0.2) is 13.2 Å². The average molecular weight is 492 g/mol. The molecule has 0 bridgehead atoms. The smallest absolute Gasteiger partial charge is 0.342 e. The lowest BCUT2D eigenvalue weighted by atomic mass is 10.1. The van der Waals surface area contributed by atoms with E-state index in [0.29, 0.717) is 11.1 Å². The monoisotopic (exact) mass is 492 g/mol. The van der Waals surface area contributed by atoms with Crippen LogP contribution in [-0.2, 0) is 32.3 Å². The highest BCUT2D eigenvalue weighted by Gasteiger charge is 2.16. The highest BCUT2D eigenvalue weighted by atomic mass is 16.5. The highest BCUT2D eigenvalue weighted by molar-refractivity contribution is 5.93. The van der Waals surface area contributed by atoms with E-state index in [0.717, 1.165) is 0 Å². The Kier molecular flexibility index (Phi) is 8.99. The number of para-hydroxylation sites is 2. The number of amides is 2. The van der Waals surface area contributed by atoms with E-state index in [2.05, 4.69) is 0 Å². The van der Waals surface area contributed by atoms with E-state index in [-0.39, 0.29) is 49.1 Å². The van der Waals surface area contributed by atoms with Crippen LogP contribution in [0.1, 0.15) is 31.8 Å². The van der Waals surface area contributed by atoms with Gasteiger partial charge in [0.2, 0.25) is 0 Å². The third-order valence-electron chi connectivity index (χ3n) is 4.69. The van der Waals surface area contributed by atoms with Crippen molar-refractivity contribution in [2.45, 2.75) is 13.2 Å². The summed E-state index contributed by atoms with van der Waals surface area (Å²) in [6.07, 6.45) is 0.